The summed E-state index contributed by atoms with van der Waals surface area (Å²) in [6.45, 7) is 0.854. The van der Waals surface area contributed by atoms with E-state index in [1.54, 1.807) is 30.4 Å². The van der Waals surface area contributed by atoms with Gasteiger partial charge in [0.05, 0.1) is 13.2 Å². The molecule has 0 aromatic carbocycles. The lowest BCUT2D eigenvalue weighted by atomic mass is 10.3. The average Bonchev–Trinajstić information content (AvgIpc) is 2.90. The lowest BCUT2D eigenvalue weighted by molar-refractivity contribution is 0.322. The molecule has 6 heteroatoms. The van der Waals surface area contributed by atoms with E-state index >= 15 is 0 Å². The SMILES string of the molecule is OCCSCc1ccnc(NCc2ncc[nH]2)c1. The highest BCUT2D eigenvalue weighted by atomic mass is 32.2. The molecule has 2 aromatic heterocycles. The van der Waals surface area contributed by atoms with Crippen molar-refractivity contribution in [1.82, 2.24) is 15.0 Å². The largest absolute Gasteiger partial charge is 0.396 e. The van der Waals surface area contributed by atoms with Crippen LogP contribution in [0.25, 0.3) is 0 Å². The maximum atomic E-state index is 8.73. The lowest BCUT2D eigenvalue weighted by Crippen LogP contribution is -2.03. The fourth-order valence-corrected chi connectivity index (χ4v) is 2.17. The first-order valence-electron chi connectivity index (χ1n) is 5.74. The van der Waals surface area contributed by atoms with Crippen LogP contribution < -0.4 is 5.32 Å². The van der Waals surface area contributed by atoms with Gasteiger partial charge in [0.2, 0.25) is 0 Å². The van der Waals surface area contributed by atoms with Crippen LogP contribution in [0.2, 0.25) is 0 Å². The van der Waals surface area contributed by atoms with Crippen molar-refractivity contribution in [3.8, 4) is 0 Å². The van der Waals surface area contributed by atoms with E-state index in [1.165, 1.54) is 5.56 Å². The van der Waals surface area contributed by atoms with Crippen LogP contribution in [0.15, 0.2) is 30.7 Å². The van der Waals surface area contributed by atoms with Crippen LogP contribution in [-0.4, -0.2) is 32.4 Å². The minimum Gasteiger partial charge on any atom is -0.396 e. The number of hydrogen-bond acceptors (Lipinski definition) is 5. The number of hydrogen-bond donors (Lipinski definition) is 3. The molecule has 96 valence electrons. The number of nitrogens with zero attached hydrogens (tertiary/aromatic N) is 2. The molecule has 3 N–H and O–H groups in total. The van der Waals surface area contributed by atoms with Crippen LogP contribution in [0.5, 0.6) is 0 Å². The van der Waals surface area contributed by atoms with Crippen molar-refractivity contribution in [3.63, 3.8) is 0 Å². The summed E-state index contributed by atoms with van der Waals surface area (Å²) in [6, 6.07) is 4.01. The smallest absolute Gasteiger partial charge is 0.126 e. The topological polar surface area (TPSA) is 73.8 Å². The molecule has 0 saturated carbocycles. The number of aliphatic hydroxyl groups is 1. The summed E-state index contributed by atoms with van der Waals surface area (Å²) in [6.07, 6.45) is 5.32. The maximum absolute atomic E-state index is 8.73. The van der Waals surface area contributed by atoms with Crippen LogP contribution in [0.3, 0.4) is 0 Å². The number of nitrogens with one attached hydrogen (secondary N) is 2. The molecule has 0 radical (unpaired) electrons. The van der Waals surface area contributed by atoms with E-state index in [0.717, 1.165) is 23.1 Å². The van der Waals surface area contributed by atoms with Gasteiger partial charge in [0.15, 0.2) is 0 Å². The number of imidazole rings is 1. The molecule has 0 aliphatic carbocycles. The van der Waals surface area contributed by atoms with Crippen LogP contribution in [-0.2, 0) is 12.3 Å². The molecular weight excluding hydrogens is 248 g/mol. The van der Waals surface area contributed by atoms with Gasteiger partial charge in [0.1, 0.15) is 11.6 Å². The van der Waals surface area contributed by atoms with Gasteiger partial charge in [0.25, 0.3) is 0 Å². The third-order valence-electron chi connectivity index (χ3n) is 2.32. The summed E-state index contributed by atoms with van der Waals surface area (Å²) in [5.74, 6) is 3.38. The van der Waals surface area contributed by atoms with Gasteiger partial charge in [0, 0.05) is 30.1 Å². The van der Waals surface area contributed by atoms with Crippen molar-refractivity contribution in [2.75, 3.05) is 17.7 Å². The van der Waals surface area contributed by atoms with Crippen molar-refractivity contribution in [1.29, 1.82) is 0 Å². The predicted molar refractivity (Wildman–Crippen MR) is 73.4 cm³/mol. The van der Waals surface area contributed by atoms with E-state index in [-0.39, 0.29) is 6.61 Å². The Labute approximate surface area is 110 Å². The highest BCUT2D eigenvalue weighted by molar-refractivity contribution is 7.98. The Morgan fingerprint density at radius 2 is 2.28 bits per heavy atom. The first kappa shape index (κ1) is 12.9. The van der Waals surface area contributed by atoms with Gasteiger partial charge in [-0.25, -0.2) is 9.97 Å². The van der Waals surface area contributed by atoms with Crippen molar-refractivity contribution in [2.24, 2.45) is 0 Å². The molecule has 2 heterocycles. The van der Waals surface area contributed by atoms with Crippen molar-refractivity contribution in [2.45, 2.75) is 12.3 Å². The van der Waals surface area contributed by atoms with E-state index in [9.17, 15) is 0 Å². The Morgan fingerprint density at radius 3 is 3.06 bits per heavy atom. The Balaban J connectivity index is 1.86. The molecule has 0 bridgehead atoms. The van der Waals surface area contributed by atoms with E-state index in [1.807, 2.05) is 12.1 Å². The standard InChI is InChI=1S/C12H16N4OS/c17-5-6-18-9-10-1-2-13-11(7-10)16-8-12-14-3-4-15-12/h1-4,7,17H,5-6,8-9H2,(H,13,16)(H,14,15). The molecule has 18 heavy (non-hydrogen) atoms. The second-order valence-electron chi connectivity index (χ2n) is 3.71. The minimum absolute atomic E-state index is 0.222. The number of anilines is 1. The third kappa shape index (κ3) is 4.05. The third-order valence-corrected chi connectivity index (χ3v) is 3.33. The van der Waals surface area contributed by atoms with E-state index in [2.05, 4.69) is 20.3 Å². The first-order chi connectivity index (χ1) is 8.88. The van der Waals surface area contributed by atoms with E-state index in [0.29, 0.717) is 6.54 Å². The zero-order chi connectivity index (χ0) is 12.6. The van der Waals surface area contributed by atoms with Gasteiger partial charge >= 0.3 is 0 Å². The van der Waals surface area contributed by atoms with Crippen LogP contribution in [0, 0.1) is 0 Å². The molecule has 2 aromatic rings. The molecule has 0 aliphatic rings. The zero-order valence-electron chi connectivity index (χ0n) is 9.97. The molecule has 5 nitrogen and oxygen atoms in total. The summed E-state index contributed by atoms with van der Waals surface area (Å²) in [7, 11) is 0. The second-order valence-corrected chi connectivity index (χ2v) is 4.82. The fraction of sp³-hybridized carbons (Fsp3) is 0.333. The fourth-order valence-electron chi connectivity index (χ4n) is 1.48. The van der Waals surface area contributed by atoms with E-state index < -0.39 is 0 Å². The predicted octanol–water partition coefficient (Wildman–Crippen LogP) is 1.64. The summed E-state index contributed by atoms with van der Waals surface area (Å²) >= 11 is 1.71. The second kappa shape index (κ2) is 7.03. The zero-order valence-corrected chi connectivity index (χ0v) is 10.8. The van der Waals surface area contributed by atoms with Crippen molar-refractivity contribution < 1.29 is 5.11 Å². The number of aromatic amines is 1. The summed E-state index contributed by atoms with van der Waals surface area (Å²) in [4.78, 5) is 11.4. The first-order valence-corrected chi connectivity index (χ1v) is 6.89. The molecule has 0 fully saturated rings. The number of pyridine rings is 1. The minimum atomic E-state index is 0.222. The molecule has 0 unspecified atom stereocenters. The van der Waals surface area contributed by atoms with Gasteiger partial charge in [-0.3, -0.25) is 0 Å². The molecule has 0 aliphatic heterocycles. The Bertz CT molecular complexity index is 461. The van der Waals surface area contributed by atoms with Crippen molar-refractivity contribution in [3.05, 3.63) is 42.1 Å². The molecular formula is C12H16N4OS. The normalized spacial score (nSPS) is 10.5. The number of thioether (sulfide) groups is 1. The van der Waals surface area contributed by atoms with Gasteiger partial charge in [-0.2, -0.15) is 11.8 Å². The van der Waals surface area contributed by atoms with E-state index in [4.69, 9.17) is 5.11 Å². The quantitative estimate of drug-likeness (QED) is 0.663. The molecule has 0 spiro atoms. The molecule has 2 rings (SSSR count). The maximum Gasteiger partial charge on any atom is 0.126 e. The number of H-pyrrole nitrogens is 1. The average molecular weight is 264 g/mol. The van der Waals surface area contributed by atoms with Gasteiger partial charge < -0.3 is 15.4 Å². The lowest BCUT2D eigenvalue weighted by Gasteiger charge is -2.06. The Kier molecular flexibility index (Phi) is 5.04. The van der Waals surface area contributed by atoms with Crippen molar-refractivity contribution >= 4 is 17.6 Å². The molecule has 0 atom stereocenters. The van der Waals surface area contributed by atoms with Gasteiger partial charge in [-0.05, 0) is 17.7 Å². The van der Waals surface area contributed by atoms with Crippen LogP contribution in [0.4, 0.5) is 5.82 Å². The van der Waals surface area contributed by atoms with Gasteiger partial charge in [-0.1, -0.05) is 0 Å². The Morgan fingerprint density at radius 1 is 1.33 bits per heavy atom. The summed E-state index contributed by atoms with van der Waals surface area (Å²) in [5, 5.41) is 11.9. The Hall–Kier alpha value is -1.53. The molecule has 0 saturated heterocycles. The highest BCUT2D eigenvalue weighted by Crippen LogP contribution is 2.14. The summed E-state index contributed by atoms with van der Waals surface area (Å²) < 4.78 is 0. The van der Waals surface area contributed by atoms with Crippen LogP contribution in [0.1, 0.15) is 11.4 Å². The van der Waals surface area contributed by atoms with Gasteiger partial charge in [-0.15, -0.1) is 0 Å². The van der Waals surface area contributed by atoms with Crippen LogP contribution >= 0.6 is 11.8 Å². The number of rotatable bonds is 7. The highest BCUT2D eigenvalue weighted by Gasteiger charge is 1.99. The summed E-state index contributed by atoms with van der Waals surface area (Å²) in [5.41, 5.74) is 1.20. The number of aromatic nitrogens is 3. The molecule has 0 amide bonds. The number of aliphatic hydroxyl groups excluding tert-OH is 1. The monoisotopic (exact) mass is 264 g/mol.